The molecule has 0 aliphatic heterocycles. The Labute approximate surface area is 163 Å². The molecule has 1 aliphatic rings. The van der Waals surface area contributed by atoms with Gasteiger partial charge < -0.3 is 5.32 Å². The number of fused-ring (bicyclic) bond motifs is 1. The molecule has 138 valence electrons. The third kappa shape index (κ3) is 3.93. The quantitative estimate of drug-likeness (QED) is 0.690. The van der Waals surface area contributed by atoms with Crippen LogP contribution in [-0.2, 0) is 17.6 Å². The molecular formula is C22H23N3OS. The highest BCUT2D eigenvalue weighted by Gasteiger charge is 2.27. The second-order valence-corrected chi connectivity index (χ2v) is 8.41. The molecular weight excluding hydrogens is 354 g/mol. The lowest BCUT2D eigenvalue weighted by molar-refractivity contribution is -0.120. The molecule has 1 unspecified atom stereocenters. The Morgan fingerprint density at radius 3 is 2.59 bits per heavy atom. The molecule has 0 fully saturated rings. The molecule has 2 heterocycles. The van der Waals surface area contributed by atoms with Crippen molar-refractivity contribution in [3.05, 3.63) is 64.9 Å². The van der Waals surface area contributed by atoms with Gasteiger partial charge in [-0.25, -0.2) is 4.98 Å². The first-order valence-electron chi connectivity index (χ1n) is 9.40. The van der Waals surface area contributed by atoms with E-state index in [2.05, 4.69) is 36.3 Å². The number of aryl methyl sites for hydroxylation is 1. The molecule has 4 nitrogen and oxygen atoms in total. The molecule has 0 saturated carbocycles. The topological polar surface area (TPSA) is 54.9 Å². The van der Waals surface area contributed by atoms with Crippen molar-refractivity contribution in [1.29, 1.82) is 0 Å². The van der Waals surface area contributed by atoms with Crippen LogP contribution in [0.3, 0.4) is 0 Å². The number of aromatic nitrogens is 2. The summed E-state index contributed by atoms with van der Waals surface area (Å²) in [5.41, 5.74) is 4.40. The predicted molar refractivity (Wildman–Crippen MR) is 110 cm³/mol. The Balaban J connectivity index is 1.44. The monoisotopic (exact) mass is 377 g/mol. The SMILES string of the molecule is CC(C)c1ccc(NC(=O)C2CCc3nc(-c4ccncc4)sc3C2)cc1. The Bertz CT molecular complexity index is 932. The Hall–Kier alpha value is -2.53. The summed E-state index contributed by atoms with van der Waals surface area (Å²) in [6.45, 7) is 4.34. The first-order valence-corrected chi connectivity index (χ1v) is 10.2. The zero-order valence-corrected chi connectivity index (χ0v) is 16.4. The van der Waals surface area contributed by atoms with Gasteiger partial charge in [-0.05, 0) is 55.0 Å². The van der Waals surface area contributed by atoms with Crippen molar-refractivity contribution in [2.45, 2.75) is 39.0 Å². The van der Waals surface area contributed by atoms with Gasteiger partial charge in [0, 0.05) is 34.4 Å². The molecule has 3 aromatic rings. The molecule has 2 aromatic heterocycles. The summed E-state index contributed by atoms with van der Waals surface area (Å²) in [5.74, 6) is 0.609. The summed E-state index contributed by atoms with van der Waals surface area (Å²) >= 11 is 1.70. The highest BCUT2D eigenvalue weighted by atomic mass is 32.1. The van der Waals surface area contributed by atoms with Crippen LogP contribution in [0, 0.1) is 5.92 Å². The maximum absolute atomic E-state index is 12.7. The van der Waals surface area contributed by atoms with E-state index in [1.165, 1.54) is 10.4 Å². The Kier molecular flexibility index (Phi) is 5.03. The highest BCUT2D eigenvalue weighted by molar-refractivity contribution is 7.15. The molecule has 5 heteroatoms. The van der Waals surface area contributed by atoms with Gasteiger partial charge in [-0.15, -0.1) is 11.3 Å². The smallest absolute Gasteiger partial charge is 0.227 e. The lowest BCUT2D eigenvalue weighted by Crippen LogP contribution is -2.27. The van der Waals surface area contributed by atoms with Gasteiger partial charge in [-0.3, -0.25) is 9.78 Å². The number of nitrogens with zero attached hydrogens (tertiary/aromatic N) is 2. The van der Waals surface area contributed by atoms with Gasteiger partial charge in [0.05, 0.1) is 5.69 Å². The molecule has 27 heavy (non-hydrogen) atoms. The van der Waals surface area contributed by atoms with Crippen molar-refractivity contribution >= 4 is 22.9 Å². The summed E-state index contributed by atoms with van der Waals surface area (Å²) in [5, 5.41) is 4.11. The summed E-state index contributed by atoms with van der Waals surface area (Å²) in [4.78, 5) is 22.8. The summed E-state index contributed by atoms with van der Waals surface area (Å²) < 4.78 is 0. The number of amides is 1. The molecule has 1 aromatic carbocycles. The molecule has 4 rings (SSSR count). The Morgan fingerprint density at radius 1 is 1.15 bits per heavy atom. The summed E-state index contributed by atoms with van der Waals surface area (Å²) in [6.07, 6.45) is 6.06. The molecule has 0 saturated heterocycles. The minimum Gasteiger partial charge on any atom is -0.326 e. The first-order chi connectivity index (χ1) is 13.1. The van der Waals surface area contributed by atoms with Gasteiger partial charge in [0.2, 0.25) is 5.91 Å². The fourth-order valence-electron chi connectivity index (χ4n) is 3.41. The van der Waals surface area contributed by atoms with Gasteiger partial charge in [-0.1, -0.05) is 26.0 Å². The molecule has 0 radical (unpaired) electrons. The third-order valence-electron chi connectivity index (χ3n) is 5.08. The number of thiazole rings is 1. The molecule has 1 amide bonds. The average molecular weight is 378 g/mol. The first kappa shape index (κ1) is 17.9. The minimum absolute atomic E-state index is 0.00742. The molecule has 1 atom stereocenters. The summed E-state index contributed by atoms with van der Waals surface area (Å²) in [7, 11) is 0. The van der Waals surface area contributed by atoms with Crippen LogP contribution in [0.15, 0.2) is 48.8 Å². The number of carbonyl (C=O) groups excluding carboxylic acids is 1. The largest absolute Gasteiger partial charge is 0.326 e. The molecule has 1 aliphatic carbocycles. The number of rotatable bonds is 4. The van der Waals surface area contributed by atoms with Crippen LogP contribution >= 0.6 is 11.3 Å². The van der Waals surface area contributed by atoms with Crippen LogP contribution in [-0.4, -0.2) is 15.9 Å². The zero-order chi connectivity index (χ0) is 18.8. The van der Waals surface area contributed by atoms with E-state index in [0.29, 0.717) is 5.92 Å². The van der Waals surface area contributed by atoms with Gasteiger partial charge in [0.25, 0.3) is 0 Å². The molecule has 0 spiro atoms. The van der Waals surface area contributed by atoms with Crippen LogP contribution < -0.4 is 5.32 Å². The number of hydrogen-bond acceptors (Lipinski definition) is 4. The van der Waals surface area contributed by atoms with Crippen molar-refractivity contribution in [3.8, 4) is 10.6 Å². The number of hydrogen-bond donors (Lipinski definition) is 1. The van der Waals surface area contributed by atoms with Crippen LogP contribution in [0.25, 0.3) is 10.6 Å². The fourth-order valence-corrected chi connectivity index (χ4v) is 4.61. The van der Waals surface area contributed by atoms with Crippen LogP contribution in [0.5, 0.6) is 0 Å². The number of nitrogens with one attached hydrogen (secondary N) is 1. The predicted octanol–water partition coefficient (Wildman–Crippen LogP) is 5.07. The summed E-state index contributed by atoms with van der Waals surface area (Å²) in [6, 6.07) is 12.1. The fraction of sp³-hybridized carbons (Fsp3) is 0.318. The van der Waals surface area contributed by atoms with E-state index in [4.69, 9.17) is 4.98 Å². The maximum Gasteiger partial charge on any atom is 0.227 e. The Morgan fingerprint density at radius 2 is 1.89 bits per heavy atom. The van der Waals surface area contributed by atoms with Gasteiger partial charge in [-0.2, -0.15) is 0 Å². The highest BCUT2D eigenvalue weighted by Crippen LogP contribution is 2.34. The molecule has 0 bridgehead atoms. The number of anilines is 1. The van der Waals surface area contributed by atoms with E-state index in [1.807, 2.05) is 24.3 Å². The second kappa shape index (κ2) is 7.61. The van der Waals surface area contributed by atoms with E-state index >= 15 is 0 Å². The van der Waals surface area contributed by atoms with Gasteiger partial charge >= 0.3 is 0 Å². The van der Waals surface area contributed by atoms with Crippen LogP contribution in [0.1, 0.15) is 42.3 Å². The third-order valence-corrected chi connectivity index (χ3v) is 6.25. The lowest BCUT2D eigenvalue weighted by Gasteiger charge is -2.20. The second-order valence-electron chi connectivity index (χ2n) is 7.33. The van der Waals surface area contributed by atoms with Crippen LogP contribution in [0.2, 0.25) is 0 Å². The zero-order valence-electron chi connectivity index (χ0n) is 15.6. The van der Waals surface area contributed by atoms with Crippen molar-refractivity contribution in [2.24, 2.45) is 5.92 Å². The number of pyridine rings is 1. The van der Waals surface area contributed by atoms with E-state index in [0.717, 1.165) is 41.2 Å². The minimum atomic E-state index is 0.00742. The van der Waals surface area contributed by atoms with Crippen LogP contribution in [0.4, 0.5) is 5.69 Å². The average Bonchev–Trinajstić information content (AvgIpc) is 3.12. The molecule has 1 N–H and O–H groups in total. The van der Waals surface area contributed by atoms with E-state index in [-0.39, 0.29) is 11.8 Å². The lowest BCUT2D eigenvalue weighted by atomic mass is 9.90. The van der Waals surface area contributed by atoms with E-state index in [1.54, 1.807) is 23.7 Å². The van der Waals surface area contributed by atoms with Crippen molar-refractivity contribution in [2.75, 3.05) is 5.32 Å². The van der Waals surface area contributed by atoms with Crippen molar-refractivity contribution < 1.29 is 4.79 Å². The van der Waals surface area contributed by atoms with Crippen molar-refractivity contribution in [3.63, 3.8) is 0 Å². The van der Waals surface area contributed by atoms with Gasteiger partial charge in [0.1, 0.15) is 5.01 Å². The number of benzene rings is 1. The van der Waals surface area contributed by atoms with Crippen molar-refractivity contribution in [1.82, 2.24) is 9.97 Å². The van der Waals surface area contributed by atoms with E-state index < -0.39 is 0 Å². The standard InChI is InChI=1S/C22H23N3OS/c1-14(2)15-3-6-18(7-4-15)24-21(26)17-5-8-19-20(13-17)27-22(25-19)16-9-11-23-12-10-16/h3-4,6-7,9-12,14,17H,5,8,13H2,1-2H3,(H,24,26). The number of carbonyl (C=O) groups is 1. The maximum atomic E-state index is 12.7. The van der Waals surface area contributed by atoms with E-state index in [9.17, 15) is 4.79 Å². The van der Waals surface area contributed by atoms with Gasteiger partial charge in [0.15, 0.2) is 0 Å². The normalized spacial score (nSPS) is 16.2.